The van der Waals surface area contributed by atoms with Gasteiger partial charge in [-0.15, -0.1) is 0 Å². The molecule has 2 rings (SSSR count). The van der Waals surface area contributed by atoms with Gasteiger partial charge >= 0.3 is 5.97 Å². The minimum absolute atomic E-state index is 0.0684. The second-order valence-corrected chi connectivity index (χ2v) is 6.57. The summed E-state index contributed by atoms with van der Waals surface area (Å²) in [6.45, 7) is 2.08. The number of aromatic carboxylic acids is 1. The van der Waals surface area contributed by atoms with Gasteiger partial charge in [0.1, 0.15) is 0 Å². The van der Waals surface area contributed by atoms with Crippen LogP contribution >= 0.6 is 0 Å². The van der Waals surface area contributed by atoms with Crippen LogP contribution in [0, 0.1) is 0 Å². The first kappa shape index (κ1) is 16.1. The fourth-order valence-electron chi connectivity index (χ4n) is 2.04. The summed E-state index contributed by atoms with van der Waals surface area (Å²) in [7, 11) is -2.87. The van der Waals surface area contributed by atoms with Gasteiger partial charge in [0.05, 0.1) is 10.5 Å². The molecule has 0 aliphatic carbocycles. The van der Waals surface area contributed by atoms with E-state index in [4.69, 9.17) is 5.11 Å². The predicted molar refractivity (Wildman–Crippen MR) is 87.9 cm³/mol. The molecule has 2 aromatic rings. The summed E-state index contributed by atoms with van der Waals surface area (Å²) in [6, 6.07) is 12.4. The van der Waals surface area contributed by atoms with Gasteiger partial charge in [0.2, 0.25) is 0 Å². The number of carbonyl (C=O) groups is 1. The number of nitrogens with one attached hydrogen (secondary N) is 1. The first-order chi connectivity index (χ1) is 10.4. The molecule has 5 nitrogen and oxygen atoms in total. The van der Waals surface area contributed by atoms with Crippen LogP contribution in [0.4, 0.5) is 5.69 Å². The molecule has 0 aliphatic heterocycles. The number of anilines is 1. The van der Waals surface area contributed by atoms with Crippen molar-refractivity contribution in [2.24, 2.45) is 0 Å². The molecule has 0 spiro atoms. The number of sulfonamides is 1. The summed E-state index contributed by atoms with van der Waals surface area (Å²) < 4.78 is 27.0. The van der Waals surface area contributed by atoms with Crippen molar-refractivity contribution >= 4 is 34.4 Å². The van der Waals surface area contributed by atoms with Gasteiger partial charge in [0.15, 0.2) is 7.28 Å². The van der Waals surface area contributed by atoms with Gasteiger partial charge in [-0.1, -0.05) is 36.9 Å². The monoisotopic (exact) mass is 317 g/mol. The standard InChI is InChI=1S/C15H16BNO4S/c1-2-16-12-6-8-13(9-7-12)17-22(20,21)14-5-3-4-11(10-14)15(18)19/h3-10,16-17H,2H2,1H3,(H,18,19). The number of carboxylic acids is 1. The molecule has 0 aromatic heterocycles. The van der Waals surface area contributed by atoms with Crippen LogP contribution in [0.2, 0.25) is 6.32 Å². The van der Waals surface area contributed by atoms with Crippen molar-refractivity contribution in [2.75, 3.05) is 4.72 Å². The van der Waals surface area contributed by atoms with Gasteiger partial charge in [0, 0.05) is 5.69 Å². The lowest BCUT2D eigenvalue weighted by Gasteiger charge is -2.09. The number of rotatable bonds is 6. The molecule has 2 N–H and O–H groups in total. The molecule has 7 heteroatoms. The SMILES string of the molecule is CCBc1ccc(NS(=O)(=O)c2cccc(C(=O)O)c2)cc1. The molecule has 0 saturated heterocycles. The summed E-state index contributed by atoms with van der Waals surface area (Å²) in [4.78, 5) is 10.8. The largest absolute Gasteiger partial charge is 0.478 e. The second-order valence-electron chi connectivity index (χ2n) is 4.89. The zero-order chi connectivity index (χ0) is 16.2. The minimum Gasteiger partial charge on any atom is -0.478 e. The molecule has 0 aliphatic rings. The van der Waals surface area contributed by atoms with Crippen LogP contribution < -0.4 is 10.2 Å². The Balaban J connectivity index is 2.23. The highest BCUT2D eigenvalue weighted by Crippen LogP contribution is 2.16. The Kier molecular flexibility index (Phi) is 4.87. The van der Waals surface area contributed by atoms with Crippen LogP contribution in [0.5, 0.6) is 0 Å². The Morgan fingerprint density at radius 1 is 1.18 bits per heavy atom. The smallest absolute Gasteiger partial charge is 0.335 e. The topological polar surface area (TPSA) is 83.5 Å². The molecule has 114 valence electrons. The van der Waals surface area contributed by atoms with E-state index in [9.17, 15) is 13.2 Å². The molecule has 0 radical (unpaired) electrons. The van der Waals surface area contributed by atoms with Crippen LogP contribution in [0.3, 0.4) is 0 Å². The van der Waals surface area contributed by atoms with E-state index in [1.54, 1.807) is 12.1 Å². The quantitative estimate of drug-likeness (QED) is 0.794. The predicted octanol–water partition coefficient (Wildman–Crippen LogP) is 1.69. The summed E-state index contributed by atoms with van der Waals surface area (Å²) in [5.41, 5.74) is 1.51. The molecule has 22 heavy (non-hydrogen) atoms. The lowest BCUT2D eigenvalue weighted by atomic mass is 9.68. The number of hydrogen-bond donors (Lipinski definition) is 2. The number of benzene rings is 2. The van der Waals surface area contributed by atoms with Crippen LogP contribution in [0.1, 0.15) is 17.3 Å². The van der Waals surface area contributed by atoms with Crippen molar-refractivity contribution in [2.45, 2.75) is 18.1 Å². The van der Waals surface area contributed by atoms with Gasteiger partial charge in [0.25, 0.3) is 10.0 Å². The second kappa shape index (κ2) is 6.66. The van der Waals surface area contributed by atoms with Crippen LogP contribution in [-0.4, -0.2) is 26.8 Å². The maximum Gasteiger partial charge on any atom is 0.335 e. The molecule has 0 unspecified atom stereocenters. The number of hydrogen-bond acceptors (Lipinski definition) is 3. The summed E-state index contributed by atoms with van der Waals surface area (Å²) in [5.74, 6) is -1.17. The normalized spacial score (nSPS) is 11.0. The Morgan fingerprint density at radius 2 is 1.86 bits per heavy atom. The fraction of sp³-hybridized carbons (Fsp3) is 0.133. The maximum atomic E-state index is 12.3. The van der Waals surface area contributed by atoms with Gasteiger partial charge in [-0.25, -0.2) is 13.2 Å². The Hall–Kier alpha value is -2.28. The molecule has 0 atom stereocenters. The summed E-state index contributed by atoms with van der Waals surface area (Å²) in [5, 5.41) is 8.93. The Labute approximate surface area is 130 Å². The summed E-state index contributed by atoms with van der Waals surface area (Å²) >= 11 is 0. The third-order valence-electron chi connectivity index (χ3n) is 3.14. The van der Waals surface area contributed by atoms with E-state index in [1.807, 2.05) is 12.1 Å². The van der Waals surface area contributed by atoms with Crippen molar-refractivity contribution < 1.29 is 18.3 Å². The van der Waals surface area contributed by atoms with Crippen molar-refractivity contribution in [1.29, 1.82) is 0 Å². The zero-order valence-electron chi connectivity index (χ0n) is 12.1. The highest BCUT2D eigenvalue weighted by molar-refractivity contribution is 7.92. The first-order valence-electron chi connectivity index (χ1n) is 6.87. The molecule has 0 saturated carbocycles. The van der Waals surface area contributed by atoms with E-state index in [1.165, 1.54) is 18.2 Å². The highest BCUT2D eigenvalue weighted by atomic mass is 32.2. The molecule has 0 bridgehead atoms. The maximum absolute atomic E-state index is 12.3. The van der Waals surface area contributed by atoms with E-state index in [-0.39, 0.29) is 10.5 Å². The van der Waals surface area contributed by atoms with E-state index in [0.717, 1.165) is 25.1 Å². The molecular formula is C15H16BNO4S. The van der Waals surface area contributed by atoms with E-state index >= 15 is 0 Å². The Bertz CT molecular complexity index is 772. The van der Waals surface area contributed by atoms with Crippen molar-refractivity contribution in [3.05, 3.63) is 54.1 Å². The molecular weight excluding hydrogens is 301 g/mol. The van der Waals surface area contributed by atoms with Gasteiger partial charge < -0.3 is 5.11 Å². The minimum atomic E-state index is -3.81. The van der Waals surface area contributed by atoms with Crippen LogP contribution in [0.15, 0.2) is 53.4 Å². The van der Waals surface area contributed by atoms with Gasteiger partial charge in [-0.2, -0.15) is 0 Å². The lowest BCUT2D eigenvalue weighted by molar-refractivity contribution is 0.0696. The third kappa shape index (κ3) is 3.88. The Morgan fingerprint density at radius 3 is 2.45 bits per heavy atom. The van der Waals surface area contributed by atoms with Gasteiger partial charge in [-0.05, 0) is 30.3 Å². The number of carboxylic acid groups (broad SMARTS) is 1. The van der Waals surface area contributed by atoms with E-state index < -0.39 is 16.0 Å². The fourth-order valence-corrected chi connectivity index (χ4v) is 3.14. The van der Waals surface area contributed by atoms with Gasteiger partial charge in [-0.3, -0.25) is 4.72 Å². The van der Waals surface area contributed by atoms with Crippen LogP contribution in [0.25, 0.3) is 0 Å². The average molecular weight is 317 g/mol. The van der Waals surface area contributed by atoms with Crippen molar-refractivity contribution in [1.82, 2.24) is 0 Å². The molecule has 2 aromatic carbocycles. The van der Waals surface area contributed by atoms with Crippen molar-refractivity contribution in [3.63, 3.8) is 0 Å². The van der Waals surface area contributed by atoms with E-state index in [0.29, 0.717) is 5.69 Å². The van der Waals surface area contributed by atoms with Crippen LogP contribution in [-0.2, 0) is 10.0 Å². The van der Waals surface area contributed by atoms with E-state index in [2.05, 4.69) is 11.6 Å². The molecule has 0 amide bonds. The average Bonchev–Trinajstić information content (AvgIpc) is 2.49. The lowest BCUT2D eigenvalue weighted by Crippen LogP contribution is -2.16. The summed E-state index contributed by atoms with van der Waals surface area (Å²) in [6.07, 6.45) is 1.02. The molecule has 0 heterocycles. The first-order valence-corrected chi connectivity index (χ1v) is 8.36. The zero-order valence-corrected chi connectivity index (χ0v) is 12.9. The van der Waals surface area contributed by atoms with Crippen molar-refractivity contribution in [3.8, 4) is 0 Å². The molecule has 0 fully saturated rings. The highest BCUT2D eigenvalue weighted by Gasteiger charge is 2.16. The third-order valence-corrected chi connectivity index (χ3v) is 4.52.